The molecule has 0 fully saturated rings. The largest absolute Gasteiger partial charge is 0.275 e. The van der Waals surface area contributed by atoms with E-state index in [2.05, 4.69) is 15.3 Å². The number of hydrazone groups is 1. The molecule has 1 unspecified atom stereocenters. The quantitative estimate of drug-likeness (QED) is 0.758. The molecule has 1 aromatic carbocycles. The molecule has 1 aliphatic rings. The van der Waals surface area contributed by atoms with Gasteiger partial charge in [0, 0.05) is 7.05 Å². The van der Waals surface area contributed by atoms with Crippen LogP contribution in [0.2, 0.25) is 5.02 Å². The highest BCUT2D eigenvalue weighted by Gasteiger charge is 2.31. The monoisotopic (exact) mass is 264 g/mol. The minimum Gasteiger partial charge on any atom is -0.270 e. The van der Waals surface area contributed by atoms with Gasteiger partial charge in [-0.3, -0.25) is 4.79 Å². The number of rotatable bonds is 2. The van der Waals surface area contributed by atoms with Gasteiger partial charge in [-0.05, 0) is 31.5 Å². The lowest BCUT2D eigenvalue weighted by Gasteiger charge is -2.04. The molecule has 1 amide bonds. The molecule has 0 aromatic heterocycles. The van der Waals surface area contributed by atoms with E-state index in [1.54, 1.807) is 26.1 Å². The number of amides is 1. The number of halogens is 1. The molecule has 0 spiro atoms. The number of nitrogens with zero attached hydrogens (tertiary/aromatic N) is 4. The normalized spacial score (nSPS) is 19.8. The van der Waals surface area contributed by atoms with E-state index in [4.69, 9.17) is 11.6 Å². The summed E-state index contributed by atoms with van der Waals surface area (Å²) in [6, 6.07) is 4.84. The van der Waals surface area contributed by atoms with E-state index < -0.39 is 6.04 Å². The third-order valence-electron chi connectivity index (χ3n) is 2.64. The Hall–Kier alpha value is -1.75. The number of azo groups is 1. The third-order valence-corrected chi connectivity index (χ3v) is 2.94. The Balaban J connectivity index is 2.21. The SMILES string of the molecule is CC1=NN(C)C(=O)C1N=Nc1ccc(C)cc1Cl. The molecular weight excluding hydrogens is 252 g/mol. The summed E-state index contributed by atoms with van der Waals surface area (Å²) in [5.41, 5.74) is 2.24. The highest BCUT2D eigenvalue weighted by atomic mass is 35.5. The number of hydrogen-bond donors (Lipinski definition) is 0. The van der Waals surface area contributed by atoms with Crippen molar-refractivity contribution in [1.29, 1.82) is 0 Å². The average molecular weight is 265 g/mol. The van der Waals surface area contributed by atoms with Crippen LogP contribution in [0.3, 0.4) is 0 Å². The van der Waals surface area contributed by atoms with Crippen LogP contribution >= 0.6 is 11.6 Å². The van der Waals surface area contributed by atoms with Gasteiger partial charge in [-0.2, -0.15) is 15.3 Å². The van der Waals surface area contributed by atoms with Crippen LogP contribution in [-0.4, -0.2) is 29.7 Å². The van der Waals surface area contributed by atoms with Crippen LogP contribution in [0.1, 0.15) is 12.5 Å². The summed E-state index contributed by atoms with van der Waals surface area (Å²) in [7, 11) is 1.60. The van der Waals surface area contributed by atoms with Gasteiger partial charge in [-0.15, -0.1) is 0 Å². The van der Waals surface area contributed by atoms with E-state index in [1.165, 1.54) is 5.01 Å². The summed E-state index contributed by atoms with van der Waals surface area (Å²) in [6.07, 6.45) is 0. The average Bonchev–Trinajstić information content (AvgIpc) is 2.53. The van der Waals surface area contributed by atoms with Crippen LogP contribution in [0.5, 0.6) is 0 Å². The Labute approximate surface area is 110 Å². The summed E-state index contributed by atoms with van der Waals surface area (Å²) in [6.45, 7) is 3.70. The van der Waals surface area contributed by atoms with Crippen molar-refractivity contribution in [3.8, 4) is 0 Å². The van der Waals surface area contributed by atoms with E-state index in [-0.39, 0.29) is 5.91 Å². The van der Waals surface area contributed by atoms with Crippen LogP contribution in [0.25, 0.3) is 0 Å². The molecule has 0 bridgehead atoms. The molecule has 94 valence electrons. The van der Waals surface area contributed by atoms with Gasteiger partial charge in [0.05, 0.1) is 10.7 Å². The van der Waals surface area contributed by atoms with Crippen molar-refractivity contribution in [3.63, 3.8) is 0 Å². The van der Waals surface area contributed by atoms with Crippen molar-refractivity contribution in [2.75, 3.05) is 7.05 Å². The van der Waals surface area contributed by atoms with Gasteiger partial charge < -0.3 is 0 Å². The maximum absolute atomic E-state index is 11.7. The molecule has 1 aliphatic heterocycles. The van der Waals surface area contributed by atoms with E-state index in [1.807, 2.05) is 13.0 Å². The van der Waals surface area contributed by atoms with Crippen LogP contribution < -0.4 is 0 Å². The molecule has 0 N–H and O–H groups in total. The maximum Gasteiger partial charge on any atom is 0.275 e. The Morgan fingerprint density at radius 3 is 2.67 bits per heavy atom. The van der Waals surface area contributed by atoms with Crippen molar-refractivity contribution in [3.05, 3.63) is 28.8 Å². The minimum absolute atomic E-state index is 0.181. The van der Waals surface area contributed by atoms with Crippen LogP contribution in [0.4, 0.5) is 5.69 Å². The summed E-state index contributed by atoms with van der Waals surface area (Å²) < 4.78 is 0. The zero-order chi connectivity index (χ0) is 13.3. The molecule has 0 aliphatic carbocycles. The van der Waals surface area contributed by atoms with E-state index in [0.717, 1.165) is 5.56 Å². The zero-order valence-electron chi connectivity index (χ0n) is 10.4. The van der Waals surface area contributed by atoms with Crippen LogP contribution in [0.15, 0.2) is 33.5 Å². The number of carbonyl (C=O) groups excluding carboxylic acids is 1. The summed E-state index contributed by atoms with van der Waals surface area (Å²) in [5.74, 6) is -0.181. The van der Waals surface area contributed by atoms with Gasteiger partial charge in [0.25, 0.3) is 5.91 Å². The predicted molar refractivity (Wildman–Crippen MR) is 70.4 cm³/mol. The molecule has 0 radical (unpaired) electrons. The first-order valence-electron chi connectivity index (χ1n) is 5.48. The molecule has 18 heavy (non-hydrogen) atoms. The molecule has 0 saturated carbocycles. The fourth-order valence-electron chi connectivity index (χ4n) is 1.64. The fourth-order valence-corrected chi connectivity index (χ4v) is 1.92. The minimum atomic E-state index is -0.632. The lowest BCUT2D eigenvalue weighted by molar-refractivity contribution is -0.128. The predicted octanol–water partition coefficient (Wildman–Crippen LogP) is 2.95. The Morgan fingerprint density at radius 1 is 1.39 bits per heavy atom. The number of likely N-dealkylation sites (N-methyl/N-ethyl adjacent to an activating group) is 1. The highest BCUT2D eigenvalue weighted by molar-refractivity contribution is 6.33. The van der Waals surface area contributed by atoms with Gasteiger partial charge in [-0.25, -0.2) is 5.01 Å². The van der Waals surface area contributed by atoms with Gasteiger partial charge in [0.2, 0.25) is 0 Å². The first-order chi connectivity index (χ1) is 8.49. The van der Waals surface area contributed by atoms with Gasteiger partial charge in [0.1, 0.15) is 5.69 Å². The smallest absolute Gasteiger partial charge is 0.270 e. The summed E-state index contributed by atoms with van der Waals surface area (Å²) >= 11 is 6.04. The lowest BCUT2D eigenvalue weighted by Crippen LogP contribution is -2.27. The third kappa shape index (κ3) is 2.41. The number of carbonyl (C=O) groups is 1. The van der Waals surface area contributed by atoms with E-state index in [9.17, 15) is 4.79 Å². The number of benzene rings is 1. The Kier molecular flexibility index (Phi) is 3.43. The van der Waals surface area contributed by atoms with E-state index in [0.29, 0.717) is 16.4 Å². The van der Waals surface area contributed by atoms with Crippen LogP contribution in [0, 0.1) is 6.92 Å². The molecule has 6 heteroatoms. The van der Waals surface area contributed by atoms with Crippen molar-refractivity contribution in [1.82, 2.24) is 5.01 Å². The molecular formula is C12H13ClN4O. The van der Waals surface area contributed by atoms with Gasteiger partial charge in [0.15, 0.2) is 6.04 Å². The first kappa shape index (κ1) is 12.7. The van der Waals surface area contributed by atoms with Crippen molar-refractivity contribution >= 4 is 28.9 Å². The van der Waals surface area contributed by atoms with Crippen LogP contribution in [-0.2, 0) is 4.79 Å². The molecule has 0 saturated heterocycles. The Morgan fingerprint density at radius 2 is 2.11 bits per heavy atom. The van der Waals surface area contributed by atoms with E-state index >= 15 is 0 Å². The molecule has 2 rings (SSSR count). The molecule has 1 aromatic rings. The highest BCUT2D eigenvalue weighted by Crippen LogP contribution is 2.26. The second-order valence-electron chi connectivity index (χ2n) is 4.18. The zero-order valence-corrected chi connectivity index (χ0v) is 11.1. The van der Waals surface area contributed by atoms with Crippen molar-refractivity contribution in [2.24, 2.45) is 15.3 Å². The number of aryl methyl sites for hydroxylation is 1. The number of hydrogen-bond acceptors (Lipinski definition) is 4. The second-order valence-corrected chi connectivity index (χ2v) is 4.58. The van der Waals surface area contributed by atoms with Gasteiger partial charge >= 0.3 is 0 Å². The summed E-state index contributed by atoms with van der Waals surface area (Å²) in [5, 5.41) is 13.9. The lowest BCUT2D eigenvalue weighted by atomic mass is 10.2. The fraction of sp³-hybridized carbons (Fsp3) is 0.333. The molecule has 1 heterocycles. The standard InChI is InChI=1S/C12H13ClN4O/c1-7-4-5-10(9(13)6-7)14-15-11-8(2)16-17(3)12(11)18/h4-6,11H,1-3H3. The second kappa shape index (κ2) is 4.86. The molecule has 5 nitrogen and oxygen atoms in total. The molecule has 1 atom stereocenters. The summed E-state index contributed by atoms with van der Waals surface area (Å²) in [4.78, 5) is 11.7. The van der Waals surface area contributed by atoms with Crippen molar-refractivity contribution in [2.45, 2.75) is 19.9 Å². The maximum atomic E-state index is 11.7. The Bertz CT molecular complexity index is 553. The topological polar surface area (TPSA) is 57.4 Å². The van der Waals surface area contributed by atoms with Crippen molar-refractivity contribution < 1.29 is 4.79 Å². The van der Waals surface area contributed by atoms with Gasteiger partial charge in [-0.1, -0.05) is 17.7 Å². The first-order valence-corrected chi connectivity index (χ1v) is 5.86.